The first-order valence-electron chi connectivity index (χ1n) is 6.58. The van der Waals surface area contributed by atoms with Crippen LogP contribution >= 0.6 is 0 Å². The van der Waals surface area contributed by atoms with Gasteiger partial charge in [0.15, 0.2) is 0 Å². The summed E-state index contributed by atoms with van der Waals surface area (Å²) in [6.45, 7) is 13.7. The van der Waals surface area contributed by atoms with Crippen molar-refractivity contribution >= 4 is 5.97 Å². The number of esters is 1. The van der Waals surface area contributed by atoms with Crippen molar-refractivity contribution in [3.8, 4) is 0 Å². The van der Waals surface area contributed by atoms with E-state index in [9.17, 15) is 4.79 Å². The van der Waals surface area contributed by atoms with Crippen LogP contribution < -0.4 is 0 Å². The predicted octanol–water partition coefficient (Wildman–Crippen LogP) is 3.96. The van der Waals surface area contributed by atoms with E-state index in [-0.39, 0.29) is 11.6 Å². The molecule has 2 unspecified atom stereocenters. The Labute approximate surface area is 105 Å². The van der Waals surface area contributed by atoms with E-state index in [0.717, 1.165) is 6.42 Å². The largest absolute Gasteiger partial charge is 0.459 e. The Morgan fingerprint density at radius 1 is 1.29 bits per heavy atom. The van der Waals surface area contributed by atoms with E-state index in [2.05, 4.69) is 13.5 Å². The van der Waals surface area contributed by atoms with Gasteiger partial charge in [0.1, 0.15) is 5.60 Å². The second-order valence-corrected chi connectivity index (χ2v) is 6.43. The molecule has 1 saturated carbocycles. The third-order valence-corrected chi connectivity index (χ3v) is 4.15. The maximum absolute atomic E-state index is 12.1. The molecule has 1 rings (SSSR count). The number of rotatable bonds is 4. The van der Waals surface area contributed by atoms with Crippen LogP contribution in [-0.4, -0.2) is 11.6 Å². The van der Waals surface area contributed by atoms with Crippen LogP contribution in [0.5, 0.6) is 0 Å². The zero-order valence-corrected chi connectivity index (χ0v) is 11.9. The predicted molar refractivity (Wildman–Crippen MR) is 70.7 cm³/mol. The summed E-state index contributed by atoms with van der Waals surface area (Å²) in [5, 5.41) is 0. The van der Waals surface area contributed by atoms with Gasteiger partial charge in [-0.1, -0.05) is 25.8 Å². The topological polar surface area (TPSA) is 26.3 Å². The van der Waals surface area contributed by atoms with Crippen molar-refractivity contribution in [2.75, 3.05) is 0 Å². The van der Waals surface area contributed by atoms with Gasteiger partial charge in [-0.05, 0) is 40.0 Å². The third-order valence-electron chi connectivity index (χ3n) is 4.15. The summed E-state index contributed by atoms with van der Waals surface area (Å²) in [6.07, 6.45) is 5.31. The Morgan fingerprint density at radius 2 is 1.88 bits per heavy atom. The number of hydrogen-bond donors (Lipinski definition) is 0. The van der Waals surface area contributed by atoms with E-state index in [1.807, 2.05) is 27.7 Å². The first-order chi connectivity index (χ1) is 7.70. The fraction of sp³-hybridized carbons (Fsp3) is 0.800. The molecule has 17 heavy (non-hydrogen) atoms. The zero-order valence-electron chi connectivity index (χ0n) is 11.9. The van der Waals surface area contributed by atoms with Gasteiger partial charge in [0.05, 0.1) is 5.41 Å². The molecule has 1 fully saturated rings. The summed E-state index contributed by atoms with van der Waals surface area (Å²) < 4.78 is 5.74. The van der Waals surface area contributed by atoms with Gasteiger partial charge in [0, 0.05) is 5.92 Å². The summed E-state index contributed by atoms with van der Waals surface area (Å²) in [7, 11) is 0. The molecule has 0 N–H and O–H groups in total. The molecule has 0 aromatic carbocycles. The number of carbonyl (C=O) groups is 1. The first-order valence-corrected chi connectivity index (χ1v) is 6.58. The number of ether oxygens (including phenoxy) is 1. The van der Waals surface area contributed by atoms with E-state index in [1.54, 1.807) is 6.08 Å². The summed E-state index contributed by atoms with van der Waals surface area (Å²) in [5.41, 5.74) is -0.966. The molecule has 98 valence electrons. The van der Waals surface area contributed by atoms with Gasteiger partial charge in [-0.15, -0.1) is 6.58 Å². The fourth-order valence-corrected chi connectivity index (χ4v) is 2.71. The lowest BCUT2D eigenvalue weighted by Crippen LogP contribution is -2.41. The highest BCUT2D eigenvalue weighted by Gasteiger charge is 2.41. The number of carbonyl (C=O) groups excluding carboxylic acids is 1. The van der Waals surface area contributed by atoms with Crippen LogP contribution in [0.3, 0.4) is 0 Å². The molecule has 0 aromatic heterocycles. The van der Waals surface area contributed by atoms with Gasteiger partial charge in [0.2, 0.25) is 0 Å². The Hall–Kier alpha value is -0.790. The highest BCUT2D eigenvalue weighted by atomic mass is 16.6. The molecule has 0 radical (unpaired) electrons. The molecule has 0 heterocycles. The Kier molecular flexibility index (Phi) is 4.06. The molecule has 0 bridgehead atoms. The third kappa shape index (κ3) is 3.11. The van der Waals surface area contributed by atoms with Crippen LogP contribution in [0, 0.1) is 17.3 Å². The maximum atomic E-state index is 12.1. The Balaban J connectivity index is 2.72. The van der Waals surface area contributed by atoms with Crippen molar-refractivity contribution in [3.05, 3.63) is 12.7 Å². The van der Waals surface area contributed by atoms with Crippen LogP contribution in [0.15, 0.2) is 12.7 Å². The van der Waals surface area contributed by atoms with Gasteiger partial charge in [-0.2, -0.15) is 0 Å². The van der Waals surface area contributed by atoms with Gasteiger partial charge < -0.3 is 4.74 Å². The minimum atomic E-state index is -0.598. The lowest BCUT2D eigenvalue weighted by Gasteiger charge is -2.36. The number of hydrogen-bond acceptors (Lipinski definition) is 2. The zero-order chi connectivity index (χ0) is 13.3. The van der Waals surface area contributed by atoms with Crippen molar-refractivity contribution in [2.24, 2.45) is 17.3 Å². The molecular formula is C15H26O2. The molecule has 0 aliphatic heterocycles. The quantitative estimate of drug-likeness (QED) is 0.547. The monoisotopic (exact) mass is 238 g/mol. The van der Waals surface area contributed by atoms with Crippen molar-refractivity contribution in [2.45, 2.75) is 59.5 Å². The minimum absolute atomic E-state index is 0.170. The summed E-state index contributed by atoms with van der Waals surface area (Å²) in [4.78, 5) is 12.1. The van der Waals surface area contributed by atoms with Crippen LogP contribution in [0.1, 0.15) is 53.9 Å². The van der Waals surface area contributed by atoms with Crippen molar-refractivity contribution in [1.29, 1.82) is 0 Å². The Morgan fingerprint density at radius 3 is 2.29 bits per heavy atom. The smallest absolute Gasteiger partial charge is 0.315 e. The normalized spacial score (nSPS) is 25.7. The molecule has 1 aliphatic rings. The van der Waals surface area contributed by atoms with E-state index in [1.165, 1.54) is 12.8 Å². The first kappa shape index (κ1) is 14.3. The van der Waals surface area contributed by atoms with Gasteiger partial charge >= 0.3 is 5.97 Å². The molecule has 2 atom stereocenters. The summed E-state index contributed by atoms with van der Waals surface area (Å²) in [5.74, 6) is 0.952. The molecule has 0 spiro atoms. The van der Waals surface area contributed by atoms with Gasteiger partial charge in [-0.3, -0.25) is 4.79 Å². The second-order valence-electron chi connectivity index (χ2n) is 6.43. The highest BCUT2D eigenvalue weighted by Crippen LogP contribution is 2.41. The molecule has 2 nitrogen and oxygen atoms in total. The Bertz CT molecular complexity index is 302. The average molecular weight is 238 g/mol. The van der Waals surface area contributed by atoms with Crippen molar-refractivity contribution < 1.29 is 9.53 Å². The minimum Gasteiger partial charge on any atom is -0.459 e. The van der Waals surface area contributed by atoms with E-state index in [0.29, 0.717) is 11.8 Å². The summed E-state index contributed by atoms with van der Waals surface area (Å²) >= 11 is 0. The lowest BCUT2D eigenvalue weighted by atomic mass is 9.83. The fourth-order valence-electron chi connectivity index (χ4n) is 2.71. The van der Waals surface area contributed by atoms with Crippen molar-refractivity contribution in [1.82, 2.24) is 0 Å². The molecule has 0 aromatic rings. The van der Waals surface area contributed by atoms with Crippen LogP contribution in [-0.2, 0) is 9.53 Å². The highest BCUT2D eigenvalue weighted by molar-refractivity contribution is 5.78. The standard InChI is InChI=1S/C15H26O2/c1-7-14(3,4)13(16)17-15(5,6)12-10-8-9-11(12)2/h7,11-12H,1,8-10H2,2-6H3. The lowest BCUT2D eigenvalue weighted by molar-refractivity contribution is -0.171. The maximum Gasteiger partial charge on any atom is 0.315 e. The second kappa shape index (κ2) is 4.83. The van der Waals surface area contributed by atoms with E-state index >= 15 is 0 Å². The van der Waals surface area contributed by atoms with Crippen molar-refractivity contribution in [3.63, 3.8) is 0 Å². The molecule has 0 saturated heterocycles. The van der Waals surface area contributed by atoms with E-state index in [4.69, 9.17) is 4.74 Å². The SMILES string of the molecule is C=CC(C)(C)C(=O)OC(C)(C)C1CCCC1C. The summed E-state index contributed by atoms with van der Waals surface area (Å²) in [6, 6.07) is 0. The molecule has 1 aliphatic carbocycles. The van der Waals surface area contributed by atoms with Gasteiger partial charge in [-0.25, -0.2) is 0 Å². The molecule has 2 heteroatoms. The van der Waals surface area contributed by atoms with Gasteiger partial charge in [0.25, 0.3) is 0 Å². The average Bonchev–Trinajstić information content (AvgIpc) is 2.64. The van der Waals surface area contributed by atoms with Crippen LogP contribution in [0.4, 0.5) is 0 Å². The molecule has 0 amide bonds. The van der Waals surface area contributed by atoms with E-state index < -0.39 is 5.41 Å². The molecular weight excluding hydrogens is 212 g/mol. The van der Waals surface area contributed by atoms with Crippen LogP contribution in [0.25, 0.3) is 0 Å². The van der Waals surface area contributed by atoms with Crippen LogP contribution in [0.2, 0.25) is 0 Å².